The number of rotatable bonds is 8. The Morgan fingerprint density at radius 1 is 0.971 bits per heavy atom. The van der Waals surface area contributed by atoms with Crippen molar-refractivity contribution in [1.82, 2.24) is 19.7 Å². The smallest absolute Gasteiger partial charge is 0.191 e. The molecule has 0 unspecified atom stereocenters. The topological polar surface area (TPSA) is 60.2 Å². The Morgan fingerprint density at radius 3 is 2.53 bits per heavy atom. The fraction of sp³-hybridized carbons (Fsp3) is 0.423. The third-order valence-corrected chi connectivity index (χ3v) is 7.53. The first kappa shape index (κ1) is 23.2. The third-order valence-electron chi connectivity index (χ3n) is 6.57. The van der Waals surface area contributed by atoms with E-state index in [0.29, 0.717) is 23.3 Å². The molecule has 0 amide bonds. The minimum atomic E-state index is -0.284. The highest BCUT2D eigenvalue weighted by Gasteiger charge is 2.19. The number of benzene rings is 2. The molecule has 1 aliphatic carbocycles. The summed E-state index contributed by atoms with van der Waals surface area (Å²) in [7, 11) is 0. The SMILES string of the molecule is O=C(CSc1nnc(-c2ccc(F)cc2)n1CCN1CCOCC1)c1ccc2c(c1)CCCC2. The van der Waals surface area contributed by atoms with Crippen LogP contribution in [-0.4, -0.2) is 64.0 Å². The van der Waals surface area contributed by atoms with Gasteiger partial charge in [0.05, 0.1) is 19.0 Å². The van der Waals surface area contributed by atoms with E-state index in [9.17, 15) is 9.18 Å². The first-order chi connectivity index (χ1) is 16.7. The molecule has 1 aliphatic heterocycles. The number of carbonyl (C=O) groups excluding carboxylic acids is 1. The number of ketones is 1. The van der Waals surface area contributed by atoms with E-state index in [2.05, 4.69) is 27.2 Å². The van der Waals surface area contributed by atoms with Gasteiger partial charge in [0.15, 0.2) is 16.8 Å². The first-order valence-electron chi connectivity index (χ1n) is 11.9. The molecule has 0 spiro atoms. The maximum absolute atomic E-state index is 13.5. The molecule has 178 valence electrons. The monoisotopic (exact) mass is 480 g/mol. The number of halogens is 1. The summed E-state index contributed by atoms with van der Waals surface area (Å²) in [6, 6.07) is 12.5. The molecule has 1 aromatic heterocycles. The standard InChI is InChI=1S/C26H29FN4O2S/c27-23-9-7-20(8-10-23)25-28-29-26(31(25)12-11-30-13-15-33-16-14-30)34-18-24(32)22-6-5-19-3-1-2-4-21(19)17-22/h5-10,17H,1-4,11-16,18H2. The van der Waals surface area contributed by atoms with Crippen LogP contribution in [0.2, 0.25) is 0 Å². The normalized spacial score (nSPS) is 16.4. The number of Topliss-reactive ketones (excluding diaryl/α,β-unsaturated/α-hetero) is 1. The van der Waals surface area contributed by atoms with Gasteiger partial charge in [-0.1, -0.05) is 23.9 Å². The van der Waals surface area contributed by atoms with Crippen LogP contribution < -0.4 is 0 Å². The lowest BCUT2D eigenvalue weighted by Gasteiger charge is -2.27. The maximum atomic E-state index is 13.5. The van der Waals surface area contributed by atoms with Crippen LogP contribution in [0.5, 0.6) is 0 Å². The molecule has 6 nitrogen and oxygen atoms in total. The Balaban J connectivity index is 1.32. The summed E-state index contributed by atoms with van der Waals surface area (Å²) in [4.78, 5) is 15.3. The average Bonchev–Trinajstić information content (AvgIpc) is 3.29. The number of hydrogen-bond donors (Lipinski definition) is 0. The van der Waals surface area contributed by atoms with Gasteiger partial charge < -0.3 is 9.30 Å². The molecule has 34 heavy (non-hydrogen) atoms. The number of fused-ring (bicyclic) bond motifs is 1. The van der Waals surface area contributed by atoms with Gasteiger partial charge in [0, 0.05) is 37.3 Å². The van der Waals surface area contributed by atoms with Crippen LogP contribution in [0.3, 0.4) is 0 Å². The predicted molar refractivity (Wildman–Crippen MR) is 131 cm³/mol. The maximum Gasteiger partial charge on any atom is 0.191 e. The van der Waals surface area contributed by atoms with Gasteiger partial charge in [-0.3, -0.25) is 9.69 Å². The van der Waals surface area contributed by atoms with Crippen molar-refractivity contribution in [3.05, 3.63) is 65.0 Å². The minimum Gasteiger partial charge on any atom is -0.379 e. The van der Waals surface area contributed by atoms with Crippen LogP contribution in [0.25, 0.3) is 11.4 Å². The molecule has 2 heterocycles. The van der Waals surface area contributed by atoms with Crippen LogP contribution in [0, 0.1) is 5.82 Å². The number of aryl methyl sites for hydroxylation is 2. The van der Waals surface area contributed by atoms with E-state index in [4.69, 9.17) is 4.74 Å². The molecule has 2 aromatic carbocycles. The fourth-order valence-corrected chi connectivity index (χ4v) is 5.46. The quantitative estimate of drug-likeness (QED) is 0.355. The highest BCUT2D eigenvalue weighted by Crippen LogP contribution is 2.27. The number of ether oxygens (including phenoxy) is 1. The Labute approximate surface area is 203 Å². The van der Waals surface area contributed by atoms with Crippen molar-refractivity contribution in [3.63, 3.8) is 0 Å². The lowest BCUT2D eigenvalue weighted by Crippen LogP contribution is -2.38. The van der Waals surface area contributed by atoms with Crippen LogP contribution in [0.15, 0.2) is 47.6 Å². The molecule has 0 saturated carbocycles. The van der Waals surface area contributed by atoms with Crippen LogP contribution in [-0.2, 0) is 24.1 Å². The van der Waals surface area contributed by atoms with E-state index in [0.717, 1.165) is 56.8 Å². The Hall–Kier alpha value is -2.55. The number of thioether (sulfide) groups is 1. The molecule has 8 heteroatoms. The van der Waals surface area contributed by atoms with Crippen LogP contribution in [0.1, 0.15) is 34.3 Å². The number of nitrogens with zero attached hydrogens (tertiary/aromatic N) is 4. The van der Waals surface area contributed by atoms with Crippen molar-refractivity contribution >= 4 is 17.5 Å². The molecule has 0 N–H and O–H groups in total. The molecule has 5 rings (SSSR count). The second-order valence-electron chi connectivity index (χ2n) is 8.82. The lowest BCUT2D eigenvalue weighted by atomic mass is 9.90. The van der Waals surface area contributed by atoms with Gasteiger partial charge in [-0.05, 0) is 67.1 Å². The summed E-state index contributed by atoms with van der Waals surface area (Å²) in [6.45, 7) is 4.80. The van der Waals surface area contributed by atoms with Crippen molar-refractivity contribution in [2.75, 3.05) is 38.6 Å². The predicted octanol–water partition coefficient (Wildman–Crippen LogP) is 4.27. The summed E-state index contributed by atoms with van der Waals surface area (Å²) in [5, 5.41) is 9.51. The van der Waals surface area contributed by atoms with Gasteiger partial charge in [-0.2, -0.15) is 0 Å². The van der Waals surface area contributed by atoms with Crippen molar-refractivity contribution in [1.29, 1.82) is 0 Å². The largest absolute Gasteiger partial charge is 0.379 e. The summed E-state index contributed by atoms with van der Waals surface area (Å²) in [5.74, 6) is 0.813. The molecule has 0 atom stereocenters. The molecular formula is C26H29FN4O2S. The minimum absolute atomic E-state index is 0.101. The third kappa shape index (κ3) is 5.40. The molecule has 1 fully saturated rings. The summed E-state index contributed by atoms with van der Waals surface area (Å²) < 4.78 is 21.0. The van der Waals surface area contributed by atoms with Crippen molar-refractivity contribution in [2.24, 2.45) is 0 Å². The molecule has 2 aliphatic rings. The Kier molecular flexibility index (Phi) is 7.37. The van der Waals surface area contributed by atoms with Crippen LogP contribution >= 0.6 is 11.8 Å². The van der Waals surface area contributed by atoms with Gasteiger partial charge in [-0.25, -0.2) is 4.39 Å². The van der Waals surface area contributed by atoms with Crippen LogP contribution in [0.4, 0.5) is 4.39 Å². The zero-order chi connectivity index (χ0) is 23.3. The van der Waals surface area contributed by atoms with Gasteiger partial charge in [0.1, 0.15) is 5.82 Å². The summed E-state index contributed by atoms with van der Waals surface area (Å²) in [6.07, 6.45) is 4.59. The second-order valence-corrected chi connectivity index (χ2v) is 9.76. The molecule has 0 radical (unpaired) electrons. The second kappa shape index (κ2) is 10.8. The first-order valence-corrected chi connectivity index (χ1v) is 12.9. The van der Waals surface area contributed by atoms with Crippen molar-refractivity contribution < 1.29 is 13.9 Å². The number of hydrogen-bond acceptors (Lipinski definition) is 6. The van der Waals surface area contributed by atoms with E-state index in [1.165, 1.54) is 47.9 Å². The molecular weight excluding hydrogens is 451 g/mol. The number of morpholine rings is 1. The van der Waals surface area contributed by atoms with E-state index in [-0.39, 0.29) is 11.6 Å². The van der Waals surface area contributed by atoms with E-state index in [1.54, 1.807) is 12.1 Å². The molecule has 3 aromatic rings. The van der Waals surface area contributed by atoms with E-state index in [1.807, 2.05) is 10.6 Å². The zero-order valence-electron chi connectivity index (χ0n) is 19.2. The van der Waals surface area contributed by atoms with Gasteiger partial charge in [0.2, 0.25) is 0 Å². The van der Waals surface area contributed by atoms with Gasteiger partial charge in [0.25, 0.3) is 0 Å². The Bertz CT molecular complexity index is 1140. The van der Waals surface area contributed by atoms with Crippen molar-refractivity contribution in [3.8, 4) is 11.4 Å². The Morgan fingerprint density at radius 2 is 1.74 bits per heavy atom. The lowest BCUT2D eigenvalue weighted by molar-refractivity contribution is 0.0361. The summed E-state index contributed by atoms with van der Waals surface area (Å²) in [5.41, 5.74) is 4.27. The summed E-state index contributed by atoms with van der Waals surface area (Å²) >= 11 is 1.42. The van der Waals surface area contributed by atoms with E-state index >= 15 is 0 Å². The highest BCUT2D eigenvalue weighted by atomic mass is 32.2. The molecule has 1 saturated heterocycles. The zero-order valence-corrected chi connectivity index (χ0v) is 20.0. The molecule has 0 bridgehead atoms. The van der Waals surface area contributed by atoms with Crippen molar-refractivity contribution in [2.45, 2.75) is 37.4 Å². The van der Waals surface area contributed by atoms with Gasteiger partial charge in [-0.15, -0.1) is 10.2 Å². The number of carbonyl (C=O) groups is 1. The van der Waals surface area contributed by atoms with Gasteiger partial charge >= 0.3 is 0 Å². The number of aromatic nitrogens is 3. The average molecular weight is 481 g/mol. The fourth-order valence-electron chi connectivity index (χ4n) is 4.60. The highest BCUT2D eigenvalue weighted by molar-refractivity contribution is 7.99. The van der Waals surface area contributed by atoms with E-state index < -0.39 is 0 Å².